The summed E-state index contributed by atoms with van der Waals surface area (Å²) >= 11 is 0. The van der Waals surface area contributed by atoms with Crippen molar-refractivity contribution in [3.8, 4) is 0 Å². The first-order valence-electron chi connectivity index (χ1n) is 41.5. The van der Waals surface area contributed by atoms with E-state index in [9.17, 15) is 0 Å². The van der Waals surface area contributed by atoms with E-state index in [-0.39, 0.29) is 106 Å². The number of rotatable bonds is 51. The van der Waals surface area contributed by atoms with Gasteiger partial charge in [0.15, 0.2) is 24.9 Å². The first kappa shape index (κ1) is 88.6. The summed E-state index contributed by atoms with van der Waals surface area (Å²) in [7, 11) is -5.14. The second-order valence-electron chi connectivity index (χ2n) is 30.0. The Labute approximate surface area is 713 Å². The average Bonchev–Trinajstić information content (AvgIpc) is 1.66. The first-order valence-corrected chi connectivity index (χ1v) is 42.9. The van der Waals surface area contributed by atoms with Gasteiger partial charge in [-0.3, -0.25) is 13.6 Å². The molecular weight excluding hydrogens is 1570 g/mol. The lowest BCUT2D eigenvalue weighted by Crippen LogP contribution is -2.48. The fourth-order valence-corrected chi connectivity index (χ4v) is 15.8. The van der Waals surface area contributed by atoms with E-state index in [1.165, 1.54) is 0 Å². The molecule has 0 aromatic heterocycles. The van der Waals surface area contributed by atoms with Crippen LogP contribution >= 0.6 is 7.82 Å². The molecule has 12 aromatic rings. The molecule has 0 aliphatic carbocycles. The van der Waals surface area contributed by atoms with Crippen LogP contribution in [0.2, 0.25) is 0 Å². The van der Waals surface area contributed by atoms with Crippen LogP contribution in [0.1, 0.15) is 61.2 Å². The zero-order valence-electron chi connectivity index (χ0n) is 68.1. The van der Waals surface area contributed by atoms with Crippen LogP contribution in [0.25, 0.3) is 10.8 Å². The molecule has 636 valence electrons. The van der Waals surface area contributed by atoms with Crippen LogP contribution in [-0.4, -0.2) is 126 Å². The normalized spacial score (nSPS) is 19.8. The minimum Gasteiger partial charge on any atom is -0.374 e. The standard InChI is InChI=1S/C101H105F2O18P/c102-94-98(114-67-83-49-27-9-28-50-83)92(70-105-58-75-33-11-1-12-34-75)119-100(94)115-73-90(110-63-79-41-19-5-20-42-79)97(113-66-82-47-25-8-26-48-82)91(111-64-80-43-21-6-22-44-80)74-118-122(104,117-68-84-51-29-10-30-52-84)121-99-93(71-106-59-76-35-13-2-14-36-76)120-101(95(99)103)116-72-89(109-62-78-39-17-4-18-40-78)96(112-65-81-45-23-7-24-46-81)88(108-61-77-37-15-3-16-38-77)69-107-60-85-55-56-86-53-31-32-54-87(86)57-85/h1-57,88-101H,58-74H2/t88?,89?,90?,91?,92-,93-,94?,95?,96?,97?,98+,99?,100-,101-,122?/m1/s1. The van der Waals surface area contributed by atoms with Gasteiger partial charge in [-0.15, -0.1) is 0 Å². The smallest absolute Gasteiger partial charge is 0.374 e. The number of ether oxygens (including phenoxy) is 14. The Morgan fingerprint density at radius 1 is 0.270 bits per heavy atom. The van der Waals surface area contributed by atoms with Gasteiger partial charge in [0.25, 0.3) is 0 Å². The minimum atomic E-state index is -5.14. The number of halogens is 2. The molecule has 0 saturated carbocycles. The van der Waals surface area contributed by atoms with E-state index >= 15 is 13.3 Å². The maximum Gasteiger partial charge on any atom is 0.475 e. The van der Waals surface area contributed by atoms with Crippen molar-refractivity contribution in [2.45, 2.75) is 159 Å². The van der Waals surface area contributed by atoms with Crippen LogP contribution < -0.4 is 0 Å². The molecule has 0 amide bonds. The van der Waals surface area contributed by atoms with E-state index in [2.05, 4.69) is 24.3 Å². The SMILES string of the molecule is O=P(OCc1ccccc1)(OCC(OCc1ccccc1)C(OCc1ccccc1)C(CO[C@@H]1O[C@H](COCc2ccccc2)[C@H](OCc2ccccc2)C1F)OCc1ccccc1)OC1C(F)[C@H](OCC(OCc2ccccc2)C(OCc2ccccc2)C(COCc2ccc3ccccc3c2)OCc2ccccc2)O[C@@H]1COCc1ccccc1. The lowest BCUT2D eigenvalue weighted by Gasteiger charge is -2.35. The van der Waals surface area contributed by atoms with Gasteiger partial charge < -0.3 is 66.3 Å². The Hall–Kier alpha value is -9.69. The zero-order chi connectivity index (χ0) is 83.4. The van der Waals surface area contributed by atoms with Gasteiger partial charge in [0.05, 0.1) is 112 Å². The number of hydrogen-bond acceptors (Lipinski definition) is 18. The monoisotopic (exact) mass is 1670 g/mol. The van der Waals surface area contributed by atoms with Crippen molar-refractivity contribution in [2.75, 3.05) is 39.6 Å². The van der Waals surface area contributed by atoms with E-state index < -0.39 is 100 Å². The molecule has 0 spiro atoms. The summed E-state index contributed by atoms with van der Waals surface area (Å²) in [5, 5.41) is 2.18. The van der Waals surface area contributed by atoms with Crippen molar-refractivity contribution in [1.29, 1.82) is 0 Å². The Balaban J connectivity index is 0.779. The molecule has 2 aliphatic rings. The van der Waals surface area contributed by atoms with Gasteiger partial charge in [0.2, 0.25) is 0 Å². The fraction of sp³-hybridized carbons (Fsp3) is 0.307. The van der Waals surface area contributed by atoms with E-state index in [0.29, 0.717) is 5.56 Å². The van der Waals surface area contributed by atoms with Crippen LogP contribution in [0.4, 0.5) is 8.78 Å². The Morgan fingerprint density at radius 2 is 0.574 bits per heavy atom. The topological polar surface area (TPSA) is 174 Å². The van der Waals surface area contributed by atoms with E-state index in [4.69, 9.17) is 79.9 Å². The molecule has 14 rings (SSSR count). The predicted octanol–water partition coefficient (Wildman–Crippen LogP) is 19.8. The largest absolute Gasteiger partial charge is 0.475 e. The summed E-state index contributed by atoms with van der Waals surface area (Å²) in [4.78, 5) is 0. The van der Waals surface area contributed by atoms with E-state index in [0.717, 1.165) is 66.4 Å². The molecule has 2 saturated heterocycles. The molecule has 15 atom stereocenters. The fourth-order valence-electron chi connectivity index (χ4n) is 14.4. The predicted molar refractivity (Wildman–Crippen MR) is 460 cm³/mol. The van der Waals surface area contributed by atoms with Crippen molar-refractivity contribution in [3.63, 3.8) is 0 Å². The van der Waals surface area contributed by atoms with Gasteiger partial charge in [-0.25, -0.2) is 13.3 Å². The number of phosphoric acid groups is 1. The van der Waals surface area contributed by atoms with Gasteiger partial charge in [-0.1, -0.05) is 340 Å². The number of phosphoric ester groups is 1. The summed E-state index contributed by atoms with van der Waals surface area (Å²) in [5.41, 5.74) is 9.08. The molecule has 0 radical (unpaired) electrons. The highest BCUT2D eigenvalue weighted by Crippen LogP contribution is 2.54. The number of alkyl halides is 2. The van der Waals surface area contributed by atoms with Gasteiger partial charge in [0, 0.05) is 0 Å². The maximum absolute atomic E-state index is 18.8. The molecule has 122 heavy (non-hydrogen) atoms. The second-order valence-corrected chi connectivity index (χ2v) is 31.7. The third kappa shape index (κ3) is 27.7. The number of hydrogen-bond donors (Lipinski definition) is 0. The lowest BCUT2D eigenvalue weighted by molar-refractivity contribution is -0.214. The summed E-state index contributed by atoms with van der Waals surface area (Å²) in [6.45, 7) is -0.936. The van der Waals surface area contributed by atoms with Gasteiger partial charge >= 0.3 is 7.82 Å². The van der Waals surface area contributed by atoms with Crippen LogP contribution in [0, 0.1) is 0 Å². The summed E-state index contributed by atoms with van der Waals surface area (Å²) in [5.74, 6) is 0. The van der Waals surface area contributed by atoms with Crippen molar-refractivity contribution in [2.24, 2.45) is 0 Å². The van der Waals surface area contributed by atoms with Crippen molar-refractivity contribution in [1.82, 2.24) is 0 Å². The van der Waals surface area contributed by atoms with Crippen LogP contribution in [0.3, 0.4) is 0 Å². The number of benzene rings is 12. The quantitative estimate of drug-likeness (QED) is 0.0329. The van der Waals surface area contributed by atoms with Crippen LogP contribution in [0.5, 0.6) is 0 Å². The highest BCUT2D eigenvalue weighted by atomic mass is 31.2. The molecule has 12 aromatic carbocycles. The summed E-state index contributed by atoms with van der Waals surface area (Å²) < 4.78 is 167. The Kier molecular flexibility index (Phi) is 34.7. The van der Waals surface area contributed by atoms with Crippen molar-refractivity contribution >= 4 is 18.6 Å². The molecule has 21 heteroatoms. The molecule has 18 nitrogen and oxygen atoms in total. The molecule has 2 aliphatic heterocycles. The molecule has 2 fully saturated rings. The van der Waals surface area contributed by atoms with Gasteiger partial charge in [0.1, 0.15) is 61.0 Å². The molecule has 0 N–H and O–H groups in total. The van der Waals surface area contributed by atoms with Gasteiger partial charge in [-0.05, 0) is 78.0 Å². The molecule has 0 bridgehead atoms. The molecule has 10 unspecified atom stereocenters. The van der Waals surface area contributed by atoms with Crippen LogP contribution in [0.15, 0.2) is 346 Å². The minimum absolute atomic E-state index is 0.0129. The van der Waals surface area contributed by atoms with E-state index in [1.54, 1.807) is 24.3 Å². The van der Waals surface area contributed by atoms with E-state index in [1.807, 2.05) is 297 Å². The zero-order valence-corrected chi connectivity index (χ0v) is 69.0. The Bertz CT molecular complexity index is 4940. The highest BCUT2D eigenvalue weighted by Gasteiger charge is 2.53. The maximum atomic E-state index is 18.8. The number of fused-ring (bicyclic) bond motifs is 1. The summed E-state index contributed by atoms with van der Waals surface area (Å²) in [6, 6.07) is 110. The first-order chi connectivity index (χ1) is 60.2. The molecule has 2 heterocycles. The lowest BCUT2D eigenvalue weighted by atomic mass is 10.1. The third-order valence-electron chi connectivity index (χ3n) is 20.9. The second kappa shape index (κ2) is 47.8. The summed E-state index contributed by atoms with van der Waals surface area (Å²) in [6.07, 6.45) is -18.8. The van der Waals surface area contributed by atoms with Gasteiger partial charge in [-0.2, -0.15) is 0 Å². The van der Waals surface area contributed by atoms with Crippen molar-refractivity contribution < 1.29 is 93.2 Å². The van der Waals surface area contributed by atoms with Crippen LogP contribution in [-0.2, 0) is 157 Å². The average molecular weight is 1680 g/mol. The molecular formula is C101H105F2O18P. The highest BCUT2D eigenvalue weighted by molar-refractivity contribution is 7.48. The third-order valence-corrected chi connectivity index (χ3v) is 22.3. The Morgan fingerprint density at radius 3 is 0.967 bits per heavy atom. The van der Waals surface area contributed by atoms with Crippen molar-refractivity contribution in [3.05, 3.63) is 407 Å².